The Morgan fingerprint density at radius 2 is 1.81 bits per heavy atom. The number of para-hydroxylation sites is 1. The van der Waals surface area contributed by atoms with Gasteiger partial charge in [-0.05, 0) is 42.8 Å². The molecule has 0 aliphatic carbocycles. The third-order valence-corrected chi connectivity index (χ3v) is 5.24. The van der Waals surface area contributed by atoms with Gasteiger partial charge in [-0.2, -0.15) is 0 Å². The van der Waals surface area contributed by atoms with Crippen LogP contribution in [0.1, 0.15) is 36.5 Å². The lowest BCUT2D eigenvalue weighted by molar-refractivity contribution is -0.122. The number of carbonyl (C=O) groups is 2. The molecule has 1 saturated heterocycles. The lowest BCUT2D eigenvalue weighted by atomic mass is 10.1. The highest BCUT2D eigenvalue weighted by molar-refractivity contribution is 8.18. The van der Waals surface area contributed by atoms with Crippen LogP contribution in [0.3, 0.4) is 0 Å². The number of nitrogens with zero attached hydrogens (tertiary/aromatic N) is 1. The van der Waals surface area contributed by atoms with E-state index in [0.717, 1.165) is 35.7 Å². The molecule has 140 valence electrons. The molecule has 2 aromatic carbocycles. The SMILES string of the molecule is CCCCN1C(=O)S/C(=C\c2ccccc2OCc2ccc(C)cc2)C1=O. The first-order valence-electron chi connectivity index (χ1n) is 9.11. The maximum absolute atomic E-state index is 12.5. The molecule has 0 aromatic heterocycles. The van der Waals surface area contributed by atoms with E-state index in [4.69, 9.17) is 4.74 Å². The Labute approximate surface area is 164 Å². The summed E-state index contributed by atoms with van der Waals surface area (Å²) in [5, 5.41) is -0.197. The number of thioether (sulfide) groups is 1. The van der Waals surface area contributed by atoms with Crippen LogP contribution in [-0.2, 0) is 11.4 Å². The van der Waals surface area contributed by atoms with Gasteiger partial charge in [0.2, 0.25) is 0 Å². The zero-order valence-corrected chi connectivity index (χ0v) is 16.4. The van der Waals surface area contributed by atoms with Gasteiger partial charge in [0.15, 0.2) is 0 Å². The number of hydrogen-bond acceptors (Lipinski definition) is 4. The first-order chi connectivity index (χ1) is 13.1. The molecule has 0 spiro atoms. The van der Waals surface area contributed by atoms with Crippen LogP contribution in [0.2, 0.25) is 0 Å². The molecule has 5 heteroatoms. The van der Waals surface area contributed by atoms with Crippen LogP contribution in [-0.4, -0.2) is 22.6 Å². The Bertz CT molecular complexity index is 858. The minimum atomic E-state index is -0.216. The summed E-state index contributed by atoms with van der Waals surface area (Å²) in [4.78, 5) is 26.4. The second-order valence-electron chi connectivity index (χ2n) is 6.50. The monoisotopic (exact) mass is 381 g/mol. The fourth-order valence-corrected chi connectivity index (χ4v) is 3.58. The molecule has 3 rings (SSSR count). The van der Waals surface area contributed by atoms with E-state index in [-0.39, 0.29) is 11.1 Å². The van der Waals surface area contributed by atoms with E-state index in [1.54, 1.807) is 6.08 Å². The van der Waals surface area contributed by atoms with E-state index in [1.807, 2.05) is 50.2 Å². The standard InChI is InChI=1S/C22H23NO3S/c1-3-4-13-23-21(24)20(27-22(23)25)14-18-7-5-6-8-19(18)26-15-17-11-9-16(2)10-12-17/h5-12,14H,3-4,13,15H2,1-2H3/b20-14-. The van der Waals surface area contributed by atoms with Crippen LogP contribution < -0.4 is 4.74 Å². The average Bonchev–Trinajstić information content (AvgIpc) is 2.93. The van der Waals surface area contributed by atoms with Crippen molar-refractivity contribution in [3.63, 3.8) is 0 Å². The predicted molar refractivity (Wildman–Crippen MR) is 110 cm³/mol. The zero-order chi connectivity index (χ0) is 19.2. The third kappa shape index (κ3) is 4.80. The molecule has 1 heterocycles. The van der Waals surface area contributed by atoms with Crippen molar-refractivity contribution in [1.29, 1.82) is 0 Å². The van der Waals surface area contributed by atoms with Crippen molar-refractivity contribution in [3.8, 4) is 5.75 Å². The van der Waals surface area contributed by atoms with Gasteiger partial charge in [0.25, 0.3) is 11.1 Å². The van der Waals surface area contributed by atoms with Crippen LogP contribution >= 0.6 is 11.8 Å². The van der Waals surface area contributed by atoms with Crippen molar-refractivity contribution in [2.75, 3.05) is 6.54 Å². The smallest absolute Gasteiger partial charge is 0.293 e. The van der Waals surface area contributed by atoms with Crippen LogP contribution in [0.15, 0.2) is 53.4 Å². The summed E-state index contributed by atoms with van der Waals surface area (Å²) >= 11 is 0.995. The van der Waals surface area contributed by atoms with Crippen molar-refractivity contribution < 1.29 is 14.3 Å². The van der Waals surface area contributed by atoms with Crippen molar-refractivity contribution in [2.24, 2.45) is 0 Å². The Morgan fingerprint density at radius 3 is 2.56 bits per heavy atom. The van der Waals surface area contributed by atoms with Gasteiger partial charge in [-0.25, -0.2) is 0 Å². The molecule has 2 amide bonds. The zero-order valence-electron chi connectivity index (χ0n) is 15.6. The summed E-state index contributed by atoms with van der Waals surface area (Å²) in [6, 6.07) is 15.7. The number of hydrogen-bond donors (Lipinski definition) is 0. The number of rotatable bonds is 7. The number of imide groups is 1. The number of aryl methyl sites for hydroxylation is 1. The van der Waals surface area contributed by atoms with E-state index < -0.39 is 0 Å². The summed E-state index contributed by atoms with van der Waals surface area (Å²) in [7, 11) is 0. The van der Waals surface area contributed by atoms with E-state index in [1.165, 1.54) is 10.5 Å². The van der Waals surface area contributed by atoms with Gasteiger partial charge in [-0.3, -0.25) is 14.5 Å². The molecule has 0 bridgehead atoms. The van der Waals surface area contributed by atoms with Crippen molar-refractivity contribution >= 4 is 29.0 Å². The number of carbonyl (C=O) groups excluding carboxylic acids is 2. The maximum Gasteiger partial charge on any atom is 0.293 e. The Kier molecular flexibility index (Phi) is 6.35. The molecule has 27 heavy (non-hydrogen) atoms. The molecule has 0 radical (unpaired) electrons. The van der Waals surface area contributed by atoms with Gasteiger partial charge in [0.1, 0.15) is 12.4 Å². The van der Waals surface area contributed by atoms with Crippen LogP contribution in [0.25, 0.3) is 6.08 Å². The van der Waals surface area contributed by atoms with E-state index in [2.05, 4.69) is 12.1 Å². The highest BCUT2D eigenvalue weighted by atomic mass is 32.2. The third-order valence-electron chi connectivity index (χ3n) is 4.33. The van der Waals surface area contributed by atoms with E-state index in [0.29, 0.717) is 23.8 Å². The first kappa shape index (κ1) is 19.2. The van der Waals surface area contributed by atoms with Crippen LogP contribution in [0.5, 0.6) is 5.75 Å². The van der Waals surface area contributed by atoms with Crippen molar-refractivity contribution in [3.05, 3.63) is 70.1 Å². The minimum absolute atomic E-state index is 0.197. The molecule has 1 aliphatic rings. The normalized spacial score (nSPS) is 15.6. The molecule has 4 nitrogen and oxygen atoms in total. The number of amides is 2. The summed E-state index contributed by atoms with van der Waals surface area (Å²) in [5.74, 6) is 0.477. The topological polar surface area (TPSA) is 46.6 Å². The summed E-state index contributed by atoms with van der Waals surface area (Å²) in [6.07, 6.45) is 3.51. The Hall–Kier alpha value is -2.53. The van der Waals surface area contributed by atoms with Crippen LogP contribution in [0, 0.1) is 6.92 Å². The van der Waals surface area contributed by atoms with E-state index >= 15 is 0 Å². The number of benzene rings is 2. The fraction of sp³-hybridized carbons (Fsp3) is 0.273. The molecule has 2 aromatic rings. The second kappa shape index (κ2) is 8.91. The molecule has 1 aliphatic heterocycles. The van der Waals surface area contributed by atoms with Crippen molar-refractivity contribution in [1.82, 2.24) is 4.90 Å². The summed E-state index contributed by atoms with van der Waals surface area (Å²) in [5.41, 5.74) is 3.08. The predicted octanol–water partition coefficient (Wildman–Crippen LogP) is 5.41. The lowest BCUT2D eigenvalue weighted by Crippen LogP contribution is -2.29. The molecule has 0 saturated carbocycles. The Balaban J connectivity index is 1.75. The maximum atomic E-state index is 12.5. The average molecular weight is 381 g/mol. The van der Waals surface area contributed by atoms with Gasteiger partial charge in [0, 0.05) is 12.1 Å². The largest absolute Gasteiger partial charge is 0.488 e. The first-order valence-corrected chi connectivity index (χ1v) is 9.93. The van der Waals surface area contributed by atoms with Gasteiger partial charge in [-0.1, -0.05) is 61.4 Å². The van der Waals surface area contributed by atoms with Crippen LogP contribution in [0.4, 0.5) is 4.79 Å². The highest BCUT2D eigenvalue weighted by Gasteiger charge is 2.34. The molecular formula is C22H23NO3S. The minimum Gasteiger partial charge on any atom is -0.488 e. The van der Waals surface area contributed by atoms with Gasteiger partial charge < -0.3 is 4.74 Å². The molecule has 0 atom stereocenters. The van der Waals surface area contributed by atoms with Crippen molar-refractivity contribution in [2.45, 2.75) is 33.3 Å². The lowest BCUT2D eigenvalue weighted by Gasteiger charge is -2.11. The van der Waals surface area contributed by atoms with Gasteiger partial charge in [0.05, 0.1) is 4.91 Å². The number of ether oxygens (including phenoxy) is 1. The number of unbranched alkanes of at least 4 members (excludes halogenated alkanes) is 1. The summed E-state index contributed by atoms with van der Waals surface area (Å²) in [6.45, 7) is 5.01. The fourth-order valence-electron chi connectivity index (χ4n) is 2.73. The molecule has 1 fully saturated rings. The van der Waals surface area contributed by atoms with E-state index in [9.17, 15) is 9.59 Å². The highest BCUT2D eigenvalue weighted by Crippen LogP contribution is 2.34. The quantitative estimate of drug-likeness (QED) is 0.602. The Morgan fingerprint density at radius 1 is 1.07 bits per heavy atom. The second-order valence-corrected chi connectivity index (χ2v) is 7.49. The molecule has 0 unspecified atom stereocenters. The summed E-state index contributed by atoms with van der Waals surface area (Å²) < 4.78 is 5.96. The molecular weight excluding hydrogens is 358 g/mol. The molecule has 0 N–H and O–H groups in total. The van der Waals surface area contributed by atoms with Gasteiger partial charge >= 0.3 is 0 Å². The van der Waals surface area contributed by atoms with Gasteiger partial charge in [-0.15, -0.1) is 0 Å².